The van der Waals surface area contributed by atoms with Crippen molar-refractivity contribution in [3.8, 4) is 0 Å². The summed E-state index contributed by atoms with van der Waals surface area (Å²) in [5, 5.41) is 14.1. The Morgan fingerprint density at radius 1 is 1.19 bits per heavy atom. The number of anilines is 2. The highest BCUT2D eigenvalue weighted by Crippen LogP contribution is 2.31. The van der Waals surface area contributed by atoms with Crippen molar-refractivity contribution < 1.29 is 14.5 Å². The van der Waals surface area contributed by atoms with E-state index in [4.69, 9.17) is 23.2 Å². The number of amides is 2. The van der Waals surface area contributed by atoms with Gasteiger partial charge in [0.1, 0.15) is 0 Å². The molecule has 2 amide bonds. The van der Waals surface area contributed by atoms with Crippen LogP contribution in [0.3, 0.4) is 0 Å². The fraction of sp³-hybridized carbons (Fsp3) is 0.176. The summed E-state index contributed by atoms with van der Waals surface area (Å²) in [6.45, 7) is 0.192. The number of benzene rings is 2. The first-order valence-electron chi connectivity index (χ1n) is 7.66. The second-order valence-electron chi connectivity index (χ2n) is 5.80. The smallest absolute Gasteiger partial charge is 0.271 e. The van der Waals surface area contributed by atoms with Gasteiger partial charge in [-0.1, -0.05) is 29.3 Å². The van der Waals surface area contributed by atoms with Gasteiger partial charge < -0.3 is 10.2 Å². The third kappa shape index (κ3) is 3.79. The zero-order chi connectivity index (χ0) is 18.8. The van der Waals surface area contributed by atoms with E-state index in [9.17, 15) is 19.7 Å². The van der Waals surface area contributed by atoms with Crippen LogP contribution in [0.1, 0.15) is 6.42 Å². The lowest BCUT2D eigenvalue weighted by Gasteiger charge is -2.17. The van der Waals surface area contributed by atoms with Gasteiger partial charge in [0.2, 0.25) is 11.8 Å². The van der Waals surface area contributed by atoms with Crippen molar-refractivity contribution in [1.82, 2.24) is 0 Å². The van der Waals surface area contributed by atoms with Crippen LogP contribution in [0.4, 0.5) is 17.1 Å². The van der Waals surface area contributed by atoms with Crippen LogP contribution in [0.5, 0.6) is 0 Å². The van der Waals surface area contributed by atoms with Crippen LogP contribution in [0.25, 0.3) is 0 Å². The highest BCUT2D eigenvalue weighted by Gasteiger charge is 2.35. The topological polar surface area (TPSA) is 92.5 Å². The number of halogens is 2. The van der Waals surface area contributed by atoms with Crippen LogP contribution in [0.15, 0.2) is 42.5 Å². The molecule has 1 heterocycles. The van der Waals surface area contributed by atoms with Gasteiger partial charge in [-0.3, -0.25) is 19.7 Å². The molecule has 0 radical (unpaired) electrons. The first-order chi connectivity index (χ1) is 12.3. The molecule has 1 saturated heterocycles. The Morgan fingerprint density at radius 3 is 2.65 bits per heavy atom. The number of hydrogen-bond acceptors (Lipinski definition) is 4. The standard InChI is InChI=1S/C17H13Cl2N3O4/c18-14-5-4-12(8-15(14)19)21-9-10(6-16(21)23)17(24)20-11-2-1-3-13(7-11)22(25)26/h1-5,7-8,10H,6,9H2,(H,20,24)/t10-/m0/s1. The number of rotatable bonds is 4. The summed E-state index contributed by atoms with van der Waals surface area (Å²) in [5.41, 5.74) is 0.752. The molecule has 26 heavy (non-hydrogen) atoms. The highest BCUT2D eigenvalue weighted by molar-refractivity contribution is 6.42. The van der Waals surface area contributed by atoms with Crippen molar-refractivity contribution in [3.63, 3.8) is 0 Å². The lowest BCUT2D eigenvalue weighted by Crippen LogP contribution is -2.28. The highest BCUT2D eigenvalue weighted by atomic mass is 35.5. The predicted octanol–water partition coefficient (Wildman–Crippen LogP) is 3.89. The Labute approximate surface area is 158 Å². The van der Waals surface area contributed by atoms with Gasteiger partial charge in [-0.25, -0.2) is 0 Å². The second kappa shape index (κ2) is 7.31. The van der Waals surface area contributed by atoms with E-state index in [1.807, 2.05) is 0 Å². The van der Waals surface area contributed by atoms with Crippen LogP contribution in [-0.4, -0.2) is 23.3 Å². The van der Waals surface area contributed by atoms with Crippen molar-refractivity contribution in [2.24, 2.45) is 5.92 Å². The number of carbonyl (C=O) groups is 2. The number of nitrogens with zero attached hydrogens (tertiary/aromatic N) is 2. The van der Waals surface area contributed by atoms with Crippen molar-refractivity contribution in [2.75, 3.05) is 16.8 Å². The fourth-order valence-electron chi connectivity index (χ4n) is 2.73. The molecular weight excluding hydrogens is 381 g/mol. The number of nitro benzene ring substituents is 1. The van der Waals surface area contributed by atoms with E-state index in [0.717, 1.165) is 0 Å². The first-order valence-corrected chi connectivity index (χ1v) is 8.41. The molecule has 0 bridgehead atoms. The molecule has 3 rings (SSSR count). The molecule has 0 unspecified atom stereocenters. The summed E-state index contributed by atoms with van der Waals surface area (Å²) in [4.78, 5) is 36.4. The lowest BCUT2D eigenvalue weighted by atomic mass is 10.1. The minimum atomic E-state index is -0.573. The Kier molecular flexibility index (Phi) is 5.11. The van der Waals surface area contributed by atoms with Gasteiger partial charge in [0.25, 0.3) is 5.69 Å². The van der Waals surface area contributed by atoms with E-state index in [1.54, 1.807) is 24.3 Å². The summed E-state index contributed by atoms with van der Waals surface area (Å²) in [6.07, 6.45) is 0.0427. The molecular formula is C17H13Cl2N3O4. The molecule has 134 valence electrons. The average molecular weight is 394 g/mol. The maximum absolute atomic E-state index is 12.4. The van der Waals surface area contributed by atoms with Crippen LogP contribution in [-0.2, 0) is 9.59 Å². The van der Waals surface area contributed by atoms with Gasteiger partial charge in [0, 0.05) is 36.5 Å². The van der Waals surface area contributed by atoms with E-state index in [1.165, 1.54) is 23.1 Å². The lowest BCUT2D eigenvalue weighted by molar-refractivity contribution is -0.384. The predicted molar refractivity (Wildman–Crippen MR) is 98.6 cm³/mol. The van der Waals surface area contributed by atoms with Crippen molar-refractivity contribution in [1.29, 1.82) is 0 Å². The quantitative estimate of drug-likeness (QED) is 0.629. The van der Waals surface area contributed by atoms with Crippen molar-refractivity contribution in [3.05, 3.63) is 62.6 Å². The monoisotopic (exact) mass is 393 g/mol. The molecule has 2 aromatic carbocycles. The molecule has 7 nitrogen and oxygen atoms in total. The second-order valence-corrected chi connectivity index (χ2v) is 6.61. The molecule has 9 heteroatoms. The minimum absolute atomic E-state index is 0.0427. The Balaban J connectivity index is 1.71. The zero-order valence-corrected chi connectivity index (χ0v) is 14.8. The largest absolute Gasteiger partial charge is 0.326 e. The molecule has 0 spiro atoms. The number of non-ortho nitro benzene ring substituents is 1. The summed E-state index contributed by atoms with van der Waals surface area (Å²) in [5.74, 6) is -1.15. The number of carbonyl (C=O) groups excluding carboxylic acids is 2. The third-order valence-electron chi connectivity index (χ3n) is 4.04. The van der Waals surface area contributed by atoms with Crippen LogP contribution >= 0.6 is 23.2 Å². The number of nitrogens with one attached hydrogen (secondary N) is 1. The number of hydrogen-bond donors (Lipinski definition) is 1. The molecule has 1 fully saturated rings. The maximum atomic E-state index is 12.4. The third-order valence-corrected chi connectivity index (χ3v) is 4.77. The van der Waals surface area contributed by atoms with Gasteiger partial charge in [-0.2, -0.15) is 0 Å². The van der Waals surface area contributed by atoms with Crippen LogP contribution in [0, 0.1) is 16.0 Å². The molecule has 0 aliphatic carbocycles. The molecule has 1 aliphatic heterocycles. The van der Waals surface area contributed by atoms with Gasteiger partial charge in [-0.05, 0) is 24.3 Å². The minimum Gasteiger partial charge on any atom is -0.326 e. The molecule has 0 saturated carbocycles. The summed E-state index contributed by atoms with van der Waals surface area (Å²) >= 11 is 11.9. The van der Waals surface area contributed by atoms with Crippen molar-refractivity contribution in [2.45, 2.75) is 6.42 Å². The number of nitro groups is 1. The van der Waals surface area contributed by atoms with Crippen LogP contribution in [0.2, 0.25) is 10.0 Å². The molecule has 1 aliphatic rings. The first kappa shape index (κ1) is 18.2. The van der Waals surface area contributed by atoms with Crippen LogP contribution < -0.4 is 10.2 Å². The zero-order valence-electron chi connectivity index (χ0n) is 13.3. The summed E-state index contributed by atoms with van der Waals surface area (Å²) in [6, 6.07) is 10.5. The fourth-order valence-corrected chi connectivity index (χ4v) is 3.02. The molecule has 0 aromatic heterocycles. The Hall–Kier alpha value is -2.64. The van der Waals surface area contributed by atoms with Crippen molar-refractivity contribution >= 4 is 52.1 Å². The Morgan fingerprint density at radius 2 is 1.96 bits per heavy atom. The van der Waals surface area contributed by atoms with E-state index in [0.29, 0.717) is 21.4 Å². The van der Waals surface area contributed by atoms with E-state index in [-0.39, 0.29) is 30.5 Å². The average Bonchev–Trinajstić information content (AvgIpc) is 2.99. The van der Waals surface area contributed by atoms with E-state index >= 15 is 0 Å². The maximum Gasteiger partial charge on any atom is 0.271 e. The SMILES string of the molecule is O=C(Nc1cccc([N+](=O)[O-])c1)[C@H]1CC(=O)N(c2ccc(Cl)c(Cl)c2)C1. The Bertz CT molecular complexity index is 903. The molecule has 1 N–H and O–H groups in total. The van der Waals surface area contributed by atoms with Gasteiger partial charge in [-0.15, -0.1) is 0 Å². The molecule has 1 atom stereocenters. The van der Waals surface area contributed by atoms with Gasteiger partial charge >= 0.3 is 0 Å². The van der Waals surface area contributed by atoms with Gasteiger partial charge in [0.05, 0.1) is 20.9 Å². The van der Waals surface area contributed by atoms with E-state index < -0.39 is 10.8 Å². The molecule has 2 aromatic rings. The normalized spacial score (nSPS) is 16.6. The summed E-state index contributed by atoms with van der Waals surface area (Å²) in [7, 11) is 0. The summed E-state index contributed by atoms with van der Waals surface area (Å²) < 4.78 is 0. The van der Waals surface area contributed by atoms with E-state index in [2.05, 4.69) is 5.32 Å². The van der Waals surface area contributed by atoms with Gasteiger partial charge in [0.15, 0.2) is 0 Å².